The number of aromatic nitrogens is 2. The van der Waals surface area contributed by atoms with Gasteiger partial charge >= 0.3 is 0 Å². The van der Waals surface area contributed by atoms with Crippen LogP contribution < -0.4 is 0 Å². The largest absolute Gasteiger partial charge is 0.441 e. The van der Waals surface area contributed by atoms with Crippen molar-refractivity contribution in [3.8, 4) is 11.3 Å². The van der Waals surface area contributed by atoms with Gasteiger partial charge in [-0.25, -0.2) is 0 Å². The molecule has 1 aromatic carbocycles. The van der Waals surface area contributed by atoms with Gasteiger partial charge in [-0.05, 0) is 31.5 Å². The van der Waals surface area contributed by atoms with Gasteiger partial charge in [0, 0.05) is 16.7 Å². The Kier molecular flexibility index (Phi) is 3.48. The molecule has 3 rings (SSSR count). The van der Waals surface area contributed by atoms with Gasteiger partial charge in [0.2, 0.25) is 5.71 Å². The lowest BCUT2D eigenvalue weighted by atomic mass is 10.1. The maximum Gasteiger partial charge on any atom is 0.222 e. The number of halogens is 2. The van der Waals surface area contributed by atoms with E-state index in [1.165, 1.54) is 0 Å². The van der Waals surface area contributed by atoms with Crippen LogP contribution in [0.1, 0.15) is 24.8 Å². The zero-order chi connectivity index (χ0) is 14.3. The van der Waals surface area contributed by atoms with Gasteiger partial charge in [0.05, 0.1) is 10.7 Å². The van der Waals surface area contributed by atoms with Crippen LogP contribution >= 0.6 is 23.2 Å². The Bertz CT molecular complexity index is 774. The molecule has 3 nitrogen and oxygen atoms in total. The number of hydrogen-bond acceptors (Lipinski definition) is 2. The van der Waals surface area contributed by atoms with Crippen molar-refractivity contribution >= 4 is 28.9 Å². The predicted octanol–water partition coefficient (Wildman–Crippen LogP) is 5.16. The zero-order valence-corrected chi connectivity index (χ0v) is 12.8. The molecule has 0 aliphatic heterocycles. The Hall–Kier alpha value is -1.45. The van der Waals surface area contributed by atoms with E-state index in [1.54, 1.807) is 6.07 Å². The fourth-order valence-corrected chi connectivity index (χ4v) is 2.86. The molecule has 2 heterocycles. The minimum absolute atomic E-state index is 0.593. The molecule has 5 heteroatoms. The molecule has 0 fully saturated rings. The van der Waals surface area contributed by atoms with Crippen molar-refractivity contribution in [3.05, 3.63) is 45.8 Å². The van der Waals surface area contributed by atoms with E-state index in [4.69, 9.17) is 27.6 Å². The Morgan fingerprint density at radius 2 is 2.05 bits per heavy atom. The van der Waals surface area contributed by atoms with Gasteiger partial charge in [-0.1, -0.05) is 36.5 Å². The molecule has 3 aromatic rings. The molecule has 0 saturated carbocycles. The summed E-state index contributed by atoms with van der Waals surface area (Å²) in [5.41, 5.74) is 3.52. The number of rotatable bonds is 3. The van der Waals surface area contributed by atoms with Crippen LogP contribution in [-0.4, -0.2) is 9.61 Å². The third kappa shape index (κ3) is 2.21. The molecule has 0 atom stereocenters. The van der Waals surface area contributed by atoms with Crippen LogP contribution in [0.4, 0.5) is 0 Å². The van der Waals surface area contributed by atoms with Crippen LogP contribution in [0, 0.1) is 6.92 Å². The third-order valence-corrected chi connectivity index (χ3v) is 3.77. The van der Waals surface area contributed by atoms with Gasteiger partial charge in [-0.2, -0.15) is 9.61 Å². The van der Waals surface area contributed by atoms with E-state index < -0.39 is 0 Å². The topological polar surface area (TPSA) is 30.4 Å². The molecule has 0 saturated heterocycles. The van der Waals surface area contributed by atoms with Gasteiger partial charge in [0.25, 0.3) is 0 Å². The molecule has 0 unspecified atom stereocenters. The van der Waals surface area contributed by atoms with E-state index in [0.717, 1.165) is 41.3 Å². The molecule has 2 aromatic heterocycles. The molecule has 104 valence electrons. The number of fused-ring (bicyclic) bond motifs is 1. The fraction of sp³-hybridized carbons (Fsp3) is 0.267. The van der Waals surface area contributed by atoms with E-state index in [2.05, 4.69) is 12.0 Å². The van der Waals surface area contributed by atoms with E-state index >= 15 is 0 Å². The molecular weight excluding hydrogens is 295 g/mol. The number of benzene rings is 1. The molecule has 0 amide bonds. The average molecular weight is 309 g/mol. The Labute approximate surface area is 127 Å². The molecule has 0 bridgehead atoms. The van der Waals surface area contributed by atoms with Gasteiger partial charge in [-0.15, -0.1) is 0 Å². The van der Waals surface area contributed by atoms with Crippen LogP contribution in [-0.2, 0) is 6.42 Å². The van der Waals surface area contributed by atoms with Crippen molar-refractivity contribution in [3.63, 3.8) is 0 Å². The van der Waals surface area contributed by atoms with Crippen molar-refractivity contribution in [1.29, 1.82) is 0 Å². The maximum absolute atomic E-state index is 6.29. The number of oxazole rings is 1. The van der Waals surface area contributed by atoms with Crippen molar-refractivity contribution < 1.29 is 4.42 Å². The molecule has 20 heavy (non-hydrogen) atoms. The lowest BCUT2D eigenvalue weighted by Crippen LogP contribution is -1.93. The minimum Gasteiger partial charge on any atom is -0.441 e. The first-order valence-electron chi connectivity index (χ1n) is 6.53. The van der Waals surface area contributed by atoms with E-state index in [-0.39, 0.29) is 0 Å². The molecule has 0 N–H and O–H groups in total. The van der Waals surface area contributed by atoms with Gasteiger partial charge < -0.3 is 4.42 Å². The maximum atomic E-state index is 6.29. The zero-order valence-electron chi connectivity index (χ0n) is 11.3. The second-order valence-corrected chi connectivity index (χ2v) is 5.61. The highest BCUT2D eigenvalue weighted by Crippen LogP contribution is 2.34. The lowest BCUT2D eigenvalue weighted by molar-refractivity contribution is 0.573. The van der Waals surface area contributed by atoms with Gasteiger partial charge in [-0.3, -0.25) is 0 Å². The van der Waals surface area contributed by atoms with Gasteiger partial charge in [0.1, 0.15) is 11.5 Å². The molecule has 0 aliphatic rings. The summed E-state index contributed by atoms with van der Waals surface area (Å²) in [6, 6.07) is 7.41. The third-order valence-electron chi connectivity index (χ3n) is 3.22. The number of nitrogens with zero attached hydrogens (tertiary/aromatic N) is 2. The number of hydrogen-bond donors (Lipinski definition) is 0. The fourth-order valence-electron chi connectivity index (χ4n) is 2.36. The first-order valence-corrected chi connectivity index (χ1v) is 7.29. The van der Waals surface area contributed by atoms with Gasteiger partial charge in [0.15, 0.2) is 0 Å². The summed E-state index contributed by atoms with van der Waals surface area (Å²) in [6.45, 7) is 4.04. The Balaban J connectivity index is 2.21. The van der Waals surface area contributed by atoms with E-state index in [0.29, 0.717) is 10.0 Å². The van der Waals surface area contributed by atoms with Crippen LogP contribution in [0.3, 0.4) is 0 Å². The lowest BCUT2D eigenvalue weighted by Gasteiger charge is -2.03. The number of aryl methyl sites for hydroxylation is 2. The van der Waals surface area contributed by atoms with Crippen LogP contribution in [0.15, 0.2) is 28.7 Å². The molecule has 0 radical (unpaired) electrons. The molecule has 0 aliphatic carbocycles. The SMILES string of the molecule is CCCc1cc2oc(C)c(-c3ccc(Cl)cc3Cl)n2n1. The average Bonchev–Trinajstić information content (AvgIpc) is 2.87. The normalized spacial score (nSPS) is 11.4. The van der Waals surface area contributed by atoms with Crippen LogP contribution in [0.5, 0.6) is 0 Å². The van der Waals surface area contributed by atoms with E-state index in [9.17, 15) is 0 Å². The summed E-state index contributed by atoms with van der Waals surface area (Å²) in [7, 11) is 0. The predicted molar refractivity (Wildman–Crippen MR) is 81.6 cm³/mol. The summed E-state index contributed by atoms with van der Waals surface area (Å²) >= 11 is 12.2. The second kappa shape index (κ2) is 5.15. The Morgan fingerprint density at radius 1 is 1.25 bits per heavy atom. The summed E-state index contributed by atoms with van der Waals surface area (Å²) < 4.78 is 7.59. The summed E-state index contributed by atoms with van der Waals surface area (Å²) in [6.07, 6.45) is 1.99. The molecular formula is C15H14Cl2N2O. The quantitative estimate of drug-likeness (QED) is 0.669. The van der Waals surface area contributed by atoms with Crippen LogP contribution in [0.2, 0.25) is 10.0 Å². The highest BCUT2D eigenvalue weighted by atomic mass is 35.5. The smallest absolute Gasteiger partial charge is 0.222 e. The minimum atomic E-state index is 0.593. The summed E-state index contributed by atoms with van der Waals surface area (Å²) in [5.74, 6) is 0.791. The summed E-state index contributed by atoms with van der Waals surface area (Å²) in [4.78, 5) is 0. The Morgan fingerprint density at radius 3 is 2.75 bits per heavy atom. The van der Waals surface area contributed by atoms with Crippen molar-refractivity contribution in [2.24, 2.45) is 0 Å². The highest BCUT2D eigenvalue weighted by Gasteiger charge is 2.17. The molecule has 0 spiro atoms. The van der Waals surface area contributed by atoms with Crippen LogP contribution in [0.25, 0.3) is 17.0 Å². The monoisotopic (exact) mass is 308 g/mol. The van der Waals surface area contributed by atoms with E-state index in [1.807, 2.05) is 29.6 Å². The first-order chi connectivity index (χ1) is 9.60. The first kappa shape index (κ1) is 13.5. The van der Waals surface area contributed by atoms with Crippen molar-refractivity contribution in [2.75, 3.05) is 0 Å². The second-order valence-electron chi connectivity index (χ2n) is 4.77. The van der Waals surface area contributed by atoms with Crippen molar-refractivity contribution in [1.82, 2.24) is 9.61 Å². The summed E-state index contributed by atoms with van der Waals surface area (Å²) in [5, 5.41) is 5.80. The highest BCUT2D eigenvalue weighted by molar-refractivity contribution is 6.36. The van der Waals surface area contributed by atoms with Crippen molar-refractivity contribution in [2.45, 2.75) is 26.7 Å². The standard InChI is InChI=1S/C15H14Cl2N2O/c1-3-4-11-8-14-19(18-11)15(9(2)20-14)12-6-5-10(16)7-13(12)17/h5-8H,3-4H2,1-2H3.